The third-order valence-electron chi connectivity index (χ3n) is 2.45. The van der Waals surface area contributed by atoms with Gasteiger partial charge >= 0.3 is 6.09 Å². The van der Waals surface area contributed by atoms with E-state index in [9.17, 15) is 9.59 Å². The summed E-state index contributed by atoms with van der Waals surface area (Å²) in [4.78, 5) is 27.1. The van der Waals surface area contributed by atoms with Gasteiger partial charge in [0.2, 0.25) is 0 Å². The van der Waals surface area contributed by atoms with Crippen molar-refractivity contribution in [2.45, 2.75) is 45.8 Å². The van der Waals surface area contributed by atoms with E-state index in [1.54, 1.807) is 31.9 Å². The minimum absolute atomic E-state index is 0.154. The van der Waals surface area contributed by atoms with Gasteiger partial charge in [0.1, 0.15) is 5.60 Å². The van der Waals surface area contributed by atoms with E-state index in [1.165, 1.54) is 4.90 Å². The van der Waals surface area contributed by atoms with Crippen molar-refractivity contribution >= 4 is 12.0 Å². The minimum Gasteiger partial charge on any atom is -0.443 e. The fourth-order valence-corrected chi connectivity index (χ4v) is 1.85. The van der Waals surface area contributed by atoms with Crippen LogP contribution in [0.4, 0.5) is 4.79 Å². The Morgan fingerprint density at radius 1 is 1.44 bits per heavy atom. The summed E-state index contributed by atoms with van der Waals surface area (Å²) >= 11 is 0. The SMILES string of the molecule is CC1C/C(=C\N(C)C)C(=O)N1C(=O)OC(C)(C)C. The summed E-state index contributed by atoms with van der Waals surface area (Å²) < 4.78 is 5.24. The summed E-state index contributed by atoms with van der Waals surface area (Å²) in [6.07, 6.45) is 1.75. The van der Waals surface area contributed by atoms with Crippen LogP contribution in [0.25, 0.3) is 0 Å². The van der Waals surface area contributed by atoms with E-state index in [4.69, 9.17) is 4.74 Å². The molecule has 1 fully saturated rings. The maximum absolute atomic E-state index is 12.1. The molecule has 5 nitrogen and oxygen atoms in total. The molecular formula is C13H22N2O3. The number of likely N-dealkylation sites (tertiary alicyclic amines) is 1. The zero-order valence-corrected chi connectivity index (χ0v) is 12.0. The number of rotatable bonds is 1. The van der Waals surface area contributed by atoms with Gasteiger partial charge in [0.25, 0.3) is 5.91 Å². The highest BCUT2D eigenvalue weighted by Gasteiger charge is 2.39. The summed E-state index contributed by atoms with van der Waals surface area (Å²) in [6, 6.07) is -0.154. The van der Waals surface area contributed by atoms with Crippen LogP contribution in [-0.2, 0) is 9.53 Å². The summed E-state index contributed by atoms with van der Waals surface area (Å²) in [5.41, 5.74) is 0.0452. The van der Waals surface area contributed by atoms with Crippen molar-refractivity contribution in [3.05, 3.63) is 11.8 Å². The van der Waals surface area contributed by atoms with E-state index in [0.717, 1.165) is 0 Å². The summed E-state index contributed by atoms with van der Waals surface area (Å²) in [5, 5.41) is 0. The molecule has 0 aromatic carbocycles. The van der Waals surface area contributed by atoms with Gasteiger partial charge in [-0.15, -0.1) is 0 Å². The first-order valence-corrected chi connectivity index (χ1v) is 6.05. The molecule has 1 aliphatic rings. The molecule has 18 heavy (non-hydrogen) atoms. The van der Waals surface area contributed by atoms with Gasteiger partial charge in [-0.25, -0.2) is 9.69 Å². The van der Waals surface area contributed by atoms with Crippen LogP contribution in [0.3, 0.4) is 0 Å². The van der Waals surface area contributed by atoms with Crippen LogP contribution in [0.1, 0.15) is 34.1 Å². The lowest BCUT2D eigenvalue weighted by Gasteiger charge is -2.25. The molecule has 1 atom stereocenters. The van der Waals surface area contributed by atoms with Crippen molar-refractivity contribution in [1.82, 2.24) is 9.80 Å². The lowest BCUT2D eigenvalue weighted by molar-refractivity contribution is -0.125. The number of nitrogens with zero attached hydrogens (tertiary/aromatic N) is 2. The van der Waals surface area contributed by atoms with Crippen LogP contribution >= 0.6 is 0 Å². The lowest BCUT2D eigenvalue weighted by Crippen LogP contribution is -2.41. The average molecular weight is 254 g/mol. The van der Waals surface area contributed by atoms with Crippen molar-refractivity contribution in [1.29, 1.82) is 0 Å². The van der Waals surface area contributed by atoms with Crippen molar-refractivity contribution in [3.63, 3.8) is 0 Å². The van der Waals surface area contributed by atoms with Gasteiger partial charge in [-0.2, -0.15) is 0 Å². The second-order valence-corrected chi connectivity index (χ2v) is 5.83. The molecule has 0 aromatic rings. The fraction of sp³-hybridized carbons (Fsp3) is 0.692. The minimum atomic E-state index is -0.592. The van der Waals surface area contributed by atoms with Gasteiger partial charge < -0.3 is 9.64 Å². The first kappa shape index (κ1) is 14.5. The van der Waals surface area contributed by atoms with E-state index < -0.39 is 11.7 Å². The number of amides is 2. The van der Waals surface area contributed by atoms with Gasteiger partial charge in [0.15, 0.2) is 0 Å². The Hall–Kier alpha value is -1.52. The third kappa shape index (κ3) is 3.48. The smallest absolute Gasteiger partial charge is 0.417 e. The lowest BCUT2D eigenvalue weighted by atomic mass is 10.2. The predicted molar refractivity (Wildman–Crippen MR) is 68.9 cm³/mol. The Balaban J connectivity index is 2.85. The van der Waals surface area contributed by atoms with Crippen LogP contribution in [0, 0.1) is 0 Å². The molecule has 1 aliphatic heterocycles. The van der Waals surface area contributed by atoms with Gasteiger partial charge in [-0.3, -0.25) is 4.79 Å². The van der Waals surface area contributed by atoms with Gasteiger partial charge in [0, 0.05) is 38.3 Å². The third-order valence-corrected chi connectivity index (χ3v) is 2.45. The average Bonchev–Trinajstić information content (AvgIpc) is 2.37. The van der Waals surface area contributed by atoms with Crippen molar-refractivity contribution in [2.75, 3.05) is 14.1 Å². The van der Waals surface area contributed by atoms with E-state index in [1.807, 2.05) is 21.0 Å². The summed E-state index contributed by atoms with van der Waals surface area (Å²) in [7, 11) is 3.70. The molecule has 102 valence electrons. The molecule has 1 unspecified atom stereocenters. The molecule has 1 rings (SSSR count). The molecule has 0 spiro atoms. The largest absolute Gasteiger partial charge is 0.443 e. The highest BCUT2D eigenvalue weighted by molar-refractivity contribution is 6.05. The van der Waals surface area contributed by atoms with Crippen LogP contribution < -0.4 is 0 Å². The predicted octanol–water partition coefficient (Wildman–Crippen LogP) is 1.99. The van der Waals surface area contributed by atoms with Gasteiger partial charge in [0.05, 0.1) is 0 Å². The topological polar surface area (TPSA) is 49.9 Å². The molecule has 0 N–H and O–H groups in total. The summed E-state index contributed by atoms with van der Waals surface area (Å²) in [6.45, 7) is 7.20. The first-order valence-electron chi connectivity index (χ1n) is 6.05. The zero-order valence-electron chi connectivity index (χ0n) is 12.0. The Kier molecular flexibility index (Phi) is 4.04. The second kappa shape index (κ2) is 5.00. The number of imide groups is 1. The van der Waals surface area contributed by atoms with E-state index in [2.05, 4.69) is 0 Å². The number of carbonyl (C=O) groups is 2. The van der Waals surface area contributed by atoms with E-state index in [-0.39, 0.29) is 11.9 Å². The molecule has 0 radical (unpaired) electrons. The molecule has 2 amide bonds. The second-order valence-electron chi connectivity index (χ2n) is 5.83. The molecule has 0 bridgehead atoms. The Labute approximate surface area is 108 Å². The Morgan fingerprint density at radius 3 is 2.44 bits per heavy atom. The molecular weight excluding hydrogens is 232 g/mol. The fourth-order valence-electron chi connectivity index (χ4n) is 1.85. The zero-order chi connectivity index (χ0) is 14.1. The molecule has 1 heterocycles. The Bertz CT molecular complexity index is 380. The van der Waals surface area contributed by atoms with Crippen molar-refractivity contribution in [3.8, 4) is 0 Å². The number of hydrogen-bond donors (Lipinski definition) is 0. The number of ether oxygens (including phenoxy) is 1. The van der Waals surface area contributed by atoms with Crippen molar-refractivity contribution in [2.24, 2.45) is 0 Å². The van der Waals surface area contributed by atoms with E-state index in [0.29, 0.717) is 12.0 Å². The van der Waals surface area contributed by atoms with Crippen LogP contribution in [0.15, 0.2) is 11.8 Å². The van der Waals surface area contributed by atoms with Gasteiger partial charge in [-0.1, -0.05) is 0 Å². The molecule has 0 aliphatic carbocycles. The number of hydrogen-bond acceptors (Lipinski definition) is 4. The van der Waals surface area contributed by atoms with Crippen LogP contribution in [0.5, 0.6) is 0 Å². The monoisotopic (exact) mass is 254 g/mol. The Morgan fingerprint density at radius 2 is 2.00 bits per heavy atom. The highest BCUT2D eigenvalue weighted by atomic mass is 16.6. The van der Waals surface area contributed by atoms with Crippen molar-refractivity contribution < 1.29 is 14.3 Å². The molecule has 0 aromatic heterocycles. The summed E-state index contributed by atoms with van der Waals surface area (Å²) in [5.74, 6) is -0.259. The quantitative estimate of drug-likeness (QED) is 0.671. The van der Waals surface area contributed by atoms with Crippen LogP contribution in [-0.4, -0.2) is 47.5 Å². The maximum Gasteiger partial charge on any atom is 0.417 e. The van der Waals surface area contributed by atoms with Crippen LogP contribution in [0.2, 0.25) is 0 Å². The molecule has 1 saturated heterocycles. The highest BCUT2D eigenvalue weighted by Crippen LogP contribution is 2.26. The van der Waals surface area contributed by atoms with Gasteiger partial charge in [-0.05, 0) is 27.7 Å². The molecule has 5 heteroatoms. The molecule has 0 saturated carbocycles. The standard InChI is InChI=1S/C13H22N2O3/c1-9-7-10(8-14(5)6)11(16)15(9)12(17)18-13(2,3)4/h8-9H,7H2,1-6H3/b10-8+. The first-order chi connectivity index (χ1) is 8.11. The maximum atomic E-state index is 12.1. The number of carbonyl (C=O) groups excluding carboxylic acids is 2. The van der Waals surface area contributed by atoms with E-state index >= 15 is 0 Å². The normalized spacial score (nSPS) is 22.6.